The van der Waals surface area contributed by atoms with Crippen molar-refractivity contribution in [2.45, 2.75) is 44.6 Å². The number of ether oxygens (including phenoxy) is 1. The first-order valence-corrected chi connectivity index (χ1v) is 7.18. The number of rotatable bonds is 4. The first kappa shape index (κ1) is 14.8. The zero-order valence-corrected chi connectivity index (χ0v) is 11.9. The average molecular weight is 278 g/mol. The molecule has 0 aromatic heterocycles. The van der Waals surface area contributed by atoms with E-state index >= 15 is 0 Å². The molecule has 5 heteroatoms. The first-order chi connectivity index (χ1) is 9.61. The van der Waals surface area contributed by atoms with E-state index in [1.165, 1.54) is 25.3 Å². The molecule has 1 fully saturated rings. The summed E-state index contributed by atoms with van der Waals surface area (Å²) >= 11 is 0. The molecule has 0 saturated heterocycles. The molecule has 2 unspecified atom stereocenters. The Bertz CT molecular complexity index is 476. The van der Waals surface area contributed by atoms with Crippen LogP contribution in [0, 0.1) is 16.0 Å². The van der Waals surface area contributed by atoms with Crippen molar-refractivity contribution in [2.24, 2.45) is 11.7 Å². The second-order valence-corrected chi connectivity index (χ2v) is 5.52. The summed E-state index contributed by atoms with van der Waals surface area (Å²) < 4.78 is 5.32. The lowest BCUT2D eigenvalue weighted by molar-refractivity contribution is -0.384. The van der Waals surface area contributed by atoms with E-state index in [0.717, 1.165) is 24.8 Å². The number of hydrogen-bond donors (Lipinski definition) is 1. The highest BCUT2D eigenvalue weighted by Crippen LogP contribution is 2.31. The van der Waals surface area contributed by atoms with Crippen LogP contribution in [-0.4, -0.2) is 18.1 Å². The monoisotopic (exact) mass is 278 g/mol. The number of nitro benzene ring substituents is 1. The lowest BCUT2D eigenvalue weighted by Crippen LogP contribution is -2.30. The Hall–Kier alpha value is -1.62. The molecule has 0 heterocycles. The summed E-state index contributed by atoms with van der Waals surface area (Å²) in [6, 6.07) is 4.96. The van der Waals surface area contributed by atoms with Crippen molar-refractivity contribution >= 4 is 5.69 Å². The highest BCUT2D eigenvalue weighted by molar-refractivity contribution is 5.44. The Labute approximate surface area is 119 Å². The van der Waals surface area contributed by atoms with E-state index < -0.39 is 0 Å². The third-order valence-corrected chi connectivity index (χ3v) is 4.17. The van der Waals surface area contributed by atoms with Crippen molar-refractivity contribution in [1.29, 1.82) is 0 Å². The SMILES string of the molecule is COc1ccc([N+](=O)[O-])cc1CC1CCCCCC1N. The van der Waals surface area contributed by atoms with E-state index in [0.29, 0.717) is 11.7 Å². The molecule has 0 amide bonds. The molecule has 0 aliphatic heterocycles. The van der Waals surface area contributed by atoms with Gasteiger partial charge in [0.05, 0.1) is 12.0 Å². The van der Waals surface area contributed by atoms with Gasteiger partial charge in [-0.25, -0.2) is 0 Å². The molecule has 5 nitrogen and oxygen atoms in total. The van der Waals surface area contributed by atoms with Crippen molar-refractivity contribution in [3.05, 3.63) is 33.9 Å². The lowest BCUT2D eigenvalue weighted by atomic mass is 9.88. The van der Waals surface area contributed by atoms with E-state index in [1.807, 2.05) is 0 Å². The number of methoxy groups -OCH3 is 1. The molecule has 1 aromatic rings. The van der Waals surface area contributed by atoms with Crippen LogP contribution in [0.25, 0.3) is 0 Å². The van der Waals surface area contributed by atoms with Gasteiger partial charge in [0, 0.05) is 23.7 Å². The minimum atomic E-state index is -0.365. The second kappa shape index (κ2) is 6.70. The third kappa shape index (κ3) is 3.48. The number of non-ortho nitro benzene ring substituents is 1. The lowest BCUT2D eigenvalue weighted by Gasteiger charge is -2.22. The Balaban J connectivity index is 2.21. The minimum absolute atomic E-state index is 0.114. The van der Waals surface area contributed by atoms with Crippen LogP contribution in [0.15, 0.2) is 18.2 Å². The highest BCUT2D eigenvalue weighted by Gasteiger charge is 2.23. The molecule has 1 aromatic carbocycles. The number of benzene rings is 1. The van der Waals surface area contributed by atoms with E-state index in [-0.39, 0.29) is 16.7 Å². The van der Waals surface area contributed by atoms with Crippen molar-refractivity contribution in [1.82, 2.24) is 0 Å². The van der Waals surface area contributed by atoms with E-state index in [2.05, 4.69) is 0 Å². The van der Waals surface area contributed by atoms with Gasteiger partial charge in [-0.2, -0.15) is 0 Å². The van der Waals surface area contributed by atoms with E-state index in [9.17, 15) is 10.1 Å². The zero-order chi connectivity index (χ0) is 14.5. The van der Waals surface area contributed by atoms with Gasteiger partial charge >= 0.3 is 0 Å². The normalized spacial score (nSPS) is 23.1. The first-order valence-electron chi connectivity index (χ1n) is 7.18. The van der Waals surface area contributed by atoms with Gasteiger partial charge in [-0.05, 0) is 31.2 Å². The molecular weight excluding hydrogens is 256 g/mol. The Morgan fingerprint density at radius 2 is 2.10 bits per heavy atom. The van der Waals surface area contributed by atoms with Crippen LogP contribution in [0.2, 0.25) is 0 Å². The molecule has 20 heavy (non-hydrogen) atoms. The topological polar surface area (TPSA) is 78.4 Å². The Kier molecular flexibility index (Phi) is 4.95. The molecule has 0 radical (unpaired) electrons. The predicted octanol–water partition coefficient (Wildman–Crippen LogP) is 3.05. The standard InChI is InChI=1S/C15H22N2O3/c1-20-15-8-7-13(17(18)19)10-12(15)9-11-5-3-2-4-6-14(11)16/h7-8,10-11,14H,2-6,9,16H2,1H3. The zero-order valence-electron chi connectivity index (χ0n) is 11.9. The van der Waals surface area contributed by atoms with Crippen LogP contribution in [0.1, 0.15) is 37.7 Å². The fraction of sp³-hybridized carbons (Fsp3) is 0.600. The summed E-state index contributed by atoms with van der Waals surface area (Å²) in [4.78, 5) is 10.5. The van der Waals surface area contributed by atoms with E-state index in [4.69, 9.17) is 10.5 Å². The fourth-order valence-electron chi connectivity index (χ4n) is 2.99. The molecule has 1 saturated carbocycles. The van der Waals surface area contributed by atoms with Gasteiger partial charge in [-0.1, -0.05) is 19.3 Å². The molecule has 1 aliphatic rings. The van der Waals surface area contributed by atoms with E-state index in [1.54, 1.807) is 19.2 Å². The summed E-state index contributed by atoms with van der Waals surface area (Å²) in [7, 11) is 1.59. The van der Waals surface area contributed by atoms with Crippen LogP contribution in [0.5, 0.6) is 5.75 Å². The summed E-state index contributed by atoms with van der Waals surface area (Å²) in [5, 5.41) is 10.9. The van der Waals surface area contributed by atoms with Gasteiger partial charge in [0.25, 0.3) is 5.69 Å². The maximum Gasteiger partial charge on any atom is 0.269 e. The van der Waals surface area contributed by atoms with Crippen LogP contribution >= 0.6 is 0 Å². The number of nitrogens with zero attached hydrogens (tertiary/aromatic N) is 1. The summed E-state index contributed by atoms with van der Waals surface area (Å²) in [6.45, 7) is 0. The van der Waals surface area contributed by atoms with Crippen LogP contribution in [0.4, 0.5) is 5.69 Å². The van der Waals surface area contributed by atoms with Crippen molar-refractivity contribution in [2.75, 3.05) is 7.11 Å². The van der Waals surface area contributed by atoms with Crippen molar-refractivity contribution < 1.29 is 9.66 Å². The van der Waals surface area contributed by atoms with Gasteiger partial charge in [0.15, 0.2) is 0 Å². The molecule has 0 bridgehead atoms. The maximum absolute atomic E-state index is 10.9. The van der Waals surface area contributed by atoms with Gasteiger partial charge in [-0.3, -0.25) is 10.1 Å². The van der Waals surface area contributed by atoms with Gasteiger partial charge in [0.1, 0.15) is 5.75 Å². The average Bonchev–Trinajstić information content (AvgIpc) is 2.64. The molecule has 2 N–H and O–H groups in total. The maximum atomic E-state index is 10.9. The Morgan fingerprint density at radius 1 is 1.35 bits per heavy atom. The second-order valence-electron chi connectivity index (χ2n) is 5.52. The van der Waals surface area contributed by atoms with Crippen LogP contribution < -0.4 is 10.5 Å². The van der Waals surface area contributed by atoms with Gasteiger partial charge < -0.3 is 10.5 Å². The molecule has 110 valence electrons. The Morgan fingerprint density at radius 3 is 2.80 bits per heavy atom. The van der Waals surface area contributed by atoms with Crippen LogP contribution in [-0.2, 0) is 6.42 Å². The number of nitrogens with two attached hydrogens (primary N) is 1. The molecule has 2 atom stereocenters. The van der Waals surface area contributed by atoms with Crippen molar-refractivity contribution in [3.63, 3.8) is 0 Å². The summed E-state index contributed by atoms with van der Waals surface area (Å²) in [6.07, 6.45) is 6.50. The smallest absolute Gasteiger partial charge is 0.269 e. The molecule has 2 rings (SSSR count). The predicted molar refractivity (Wildman–Crippen MR) is 77.9 cm³/mol. The van der Waals surface area contributed by atoms with Crippen LogP contribution in [0.3, 0.4) is 0 Å². The van der Waals surface area contributed by atoms with Crippen molar-refractivity contribution in [3.8, 4) is 5.75 Å². The highest BCUT2D eigenvalue weighted by atomic mass is 16.6. The minimum Gasteiger partial charge on any atom is -0.496 e. The summed E-state index contributed by atoms with van der Waals surface area (Å²) in [5.41, 5.74) is 7.25. The number of hydrogen-bond acceptors (Lipinski definition) is 4. The summed E-state index contributed by atoms with van der Waals surface area (Å²) in [5.74, 6) is 1.10. The van der Waals surface area contributed by atoms with Gasteiger partial charge in [0.2, 0.25) is 0 Å². The van der Waals surface area contributed by atoms with Gasteiger partial charge in [-0.15, -0.1) is 0 Å². The third-order valence-electron chi connectivity index (χ3n) is 4.17. The fourth-order valence-corrected chi connectivity index (χ4v) is 2.99. The number of nitro groups is 1. The largest absolute Gasteiger partial charge is 0.496 e. The quantitative estimate of drug-likeness (QED) is 0.521. The molecule has 1 aliphatic carbocycles. The molecular formula is C15H22N2O3. The molecule has 0 spiro atoms.